The Morgan fingerprint density at radius 3 is 2.43 bits per heavy atom. The molecule has 0 fully saturated rings. The quantitative estimate of drug-likeness (QED) is 0.414. The molecular formula is C28H24N6O. The average Bonchev–Trinajstić information content (AvgIpc) is 3.18. The first-order valence-electron chi connectivity index (χ1n) is 11.2. The van der Waals surface area contributed by atoms with Gasteiger partial charge in [-0.15, -0.1) is 0 Å². The van der Waals surface area contributed by atoms with E-state index in [1.54, 1.807) is 30.2 Å². The zero-order chi connectivity index (χ0) is 24.7. The predicted molar refractivity (Wildman–Crippen MR) is 138 cm³/mol. The van der Waals surface area contributed by atoms with Crippen molar-refractivity contribution >= 4 is 16.6 Å². The Morgan fingerprint density at radius 1 is 1.00 bits per heavy atom. The highest BCUT2D eigenvalue weighted by Gasteiger charge is 2.21. The van der Waals surface area contributed by atoms with E-state index < -0.39 is 5.41 Å². The Kier molecular flexibility index (Phi) is 5.22. The monoisotopic (exact) mass is 460 g/mol. The van der Waals surface area contributed by atoms with Gasteiger partial charge in [-0.05, 0) is 54.6 Å². The number of benzene rings is 2. The van der Waals surface area contributed by atoms with Gasteiger partial charge in [0.15, 0.2) is 0 Å². The van der Waals surface area contributed by atoms with Crippen LogP contribution in [0.15, 0.2) is 84.0 Å². The van der Waals surface area contributed by atoms with Crippen LogP contribution in [0.3, 0.4) is 0 Å². The normalized spacial score (nSPS) is 11.5. The first-order valence-corrected chi connectivity index (χ1v) is 11.2. The molecule has 0 atom stereocenters. The second-order valence-electron chi connectivity index (χ2n) is 9.06. The summed E-state index contributed by atoms with van der Waals surface area (Å²) in [6, 6.07) is 21.6. The molecule has 2 N–H and O–H groups in total. The van der Waals surface area contributed by atoms with Crippen LogP contribution < -0.4 is 11.4 Å². The minimum absolute atomic E-state index is 0.181. The number of rotatable bonds is 4. The molecule has 7 nitrogen and oxygen atoms in total. The minimum atomic E-state index is -0.616. The van der Waals surface area contributed by atoms with E-state index in [0.29, 0.717) is 22.9 Å². The number of fused-ring (bicyclic) bond motifs is 1. The molecule has 5 aromatic rings. The van der Waals surface area contributed by atoms with Gasteiger partial charge in [-0.1, -0.05) is 36.4 Å². The van der Waals surface area contributed by atoms with Gasteiger partial charge in [0, 0.05) is 36.6 Å². The van der Waals surface area contributed by atoms with Crippen molar-refractivity contribution in [3.63, 3.8) is 0 Å². The smallest absolute Gasteiger partial charge is 0.333 e. The van der Waals surface area contributed by atoms with E-state index >= 15 is 0 Å². The molecule has 0 aliphatic rings. The lowest BCUT2D eigenvalue weighted by Crippen LogP contribution is -2.21. The molecule has 0 unspecified atom stereocenters. The van der Waals surface area contributed by atoms with Crippen LogP contribution in [0, 0.1) is 11.3 Å². The summed E-state index contributed by atoms with van der Waals surface area (Å²) in [7, 11) is 1.72. The van der Waals surface area contributed by atoms with Crippen LogP contribution in [-0.4, -0.2) is 19.1 Å². The fourth-order valence-electron chi connectivity index (χ4n) is 4.26. The number of nitriles is 1. The third-order valence-corrected chi connectivity index (χ3v) is 6.34. The summed E-state index contributed by atoms with van der Waals surface area (Å²) in [4.78, 5) is 22.1. The number of imidazole rings is 1. The fourth-order valence-corrected chi connectivity index (χ4v) is 4.26. The summed E-state index contributed by atoms with van der Waals surface area (Å²) in [6.07, 6.45) is 5.28. The lowest BCUT2D eigenvalue weighted by Gasteiger charge is -2.16. The van der Waals surface area contributed by atoms with Crippen molar-refractivity contribution < 1.29 is 0 Å². The Hall–Kier alpha value is -4.70. The van der Waals surface area contributed by atoms with E-state index in [2.05, 4.69) is 16.0 Å². The lowest BCUT2D eigenvalue weighted by molar-refractivity contribution is 0.686. The number of nitrogens with two attached hydrogens (primary N) is 1. The maximum atomic E-state index is 13.1. The van der Waals surface area contributed by atoms with E-state index in [1.165, 1.54) is 4.57 Å². The van der Waals surface area contributed by atoms with Crippen molar-refractivity contribution in [2.75, 3.05) is 5.73 Å². The summed E-state index contributed by atoms with van der Waals surface area (Å²) >= 11 is 0. The van der Waals surface area contributed by atoms with Crippen LogP contribution in [-0.2, 0) is 12.5 Å². The zero-order valence-corrected chi connectivity index (χ0v) is 19.7. The number of aromatic nitrogens is 4. The van der Waals surface area contributed by atoms with Gasteiger partial charge >= 0.3 is 5.69 Å². The highest BCUT2D eigenvalue weighted by atomic mass is 16.1. The van der Waals surface area contributed by atoms with Crippen LogP contribution in [0.4, 0.5) is 5.82 Å². The van der Waals surface area contributed by atoms with Gasteiger partial charge < -0.3 is 10.3 Å². The van der Waals surface area contributed by atoms with E-state index in [1.807, 2.05) is 74.5 Å². The van der Waals surface area contributed by atoms with Crippen molar-refractivity contribution in [3.05, 3.63) is 95.3 Å². The Bertz CT molecular complexity index is 1670. The topological polar surface area (TPSA) is 103 Å². The molecular weight excluding hydrogens is 436 g/mol. The largest absolute Gasteiger partial charge is 0.383 e. The van der Waals surface area contributed by atoms with Crippen LogP contribution in [0.1, 0.15) is 19.4 Å². The van der Waals surface area contributed by atoms with Crippen LogP contribution in [0.5, 0.6) is 0 Å². The Morgan fingerprint density at radius 2 is 1.71 bits per heavy atom. The predicted octanol–water partition coefficient (Wildman–Crippen LogP) is 4.84. The van der Waals surface area contributed by atoms with Crippen LogP contribution in [0.2, 0.25) is 0 Å². The molecule has 5 rings (SSSR count). The molecule has 2 aromatic carbocycles. The fraction of sp³-hybridized carbons (Fsp3) is 0.143. The number of nitrogens with zero attached hydrogens (tertiary/aromatic N) is 5. The lowest BCUT2D eigenvalue weighted by atomic mass is 9.86. The van der Waals surface area contributed by atoms with E-state index in [0.717, 1.165) is 27.5 Å². The third-order valence-electron chi connectivity index (χ3n) is 6.34. The van der Waals surface area contributed by atoms with Crippen molar-refractivity contribution in [2.24, 2.45) is 7.05 Å². The number of aryl methyl sites for hydroxylation is 1. The molecule has 0 bridgehead atoms. The van der Waals surface area contributed by atoms with Gasteiger partial charge in [0.05, 0.1) is 28.6 Å². The summed E-state index contributed by atoms with van der Waals surface area (Å²) in [5.41, 5.74) is 10.1. The molecule has 0 spiro atoms. The van der Waals surface area contributed by atoms with Crippen molar-refractivity contribution in [3.8, 4) is 34.3 Å². The standard InChI is InChI=1S/C28H24N6O/c1-28(2,17-29)19-8-10-20(11-9-19)34-25(16-33(3)27(34)35)24-14-18(12-13-31-24)23-15-32-26(30)22-7-5-4-6-21(22)23/h4-16H,1-3H3,(H2,30,32). The molecule has 0 saturated heterocycles. The van der Waals surface area contributed by atoms with Crippen molar-refractivity contribution in [2.45, 2.75) is 19.3 Å². The maximum absolute atomic E-state index is 13.1. The number of hydrogen-bond donors (Lipinski definition) is 1. The molecule has 0 saturated carbocycles. The Labute approximate surface area is 202 Å². The molecule has 35 heavy (non-hydrogen) atoms. The summed E-state index contributed by atoms with van der Waals surface area (Å²) in [6.45, 7) is 3.74. The summed E-state index contributed by atoms with van der Waals surface area (Å²) in [5, 5.41) is 11.3. The third kappa shape index (κ3) is 3.75. The van der Waals surface area contributed by atoms with E-state index in [9.17, 15) is 10.1 Å². The molecule has 0 aliphatic heterocycles. The highest BCUT2D eigenvalue weighted by molar-refractivity contribution is 6.01. The SMILES string of the molecule is Cn1cc(-c2cc(-c3cnc(N)c4ccccc34)ccn2)n(-c2ccc(C(C)(C)C#N)cc2)c1=O. The first-order chi connectivity index (χ1) is 16.8. The van der Waals surface area contributed by atoms with Gasteiger partial charge in [0.25, 0.3) is 0 Å². The van der Waals surface area contributed by atoms with E-state index in [-0.39, 0.29) is 5.69 Å². The van der Waals surface area contributed by atoms with Gasteiger partial charge in [0.1, 0.15) is 5.82 Å². The molecule has 172 valence electrons. The molecule has 7 heteroatoms. The number of hydrogen-bond acceptors (Lipinski definition) is 5. The second kappa shape index (κ2) is 8.26. The minimum Gasteiger partial charge on any atom is -0.383 e. The van der Waals surface area contributed by atoms with Gasteiger partial charge in [0.2, 0.25) is 0 Å². The highest BCUT2D eigenvalue weighted by Crippen LogP contribution is 2.32. The van der Waals surface area contributed by atoms with Gasteiger partial charge in [-0.25, -0.2) is 9.78 Å². The number of nitrogen functional groups attached to an aromatic ring is 1. The zero-order valence-electron chi connectivity index (χ0n) is 19.7. The average molecular weight is 461 g/mol. The molecule has 3 aromatic heterocycles. The van der Waals surface area contributed by atoms with Crippen LogP contribution in [0.25, 0.3) is 39.0 Å². The molecule has 0 aliphatic carbocycles. The summed E-state index contributed by atoms with van der Waals surface area (Å²) in [5.74, 6) is 0.485. The van der Waals surface area contributed by atoms with Crippen molar-refractivity contribution in [1.82, 2.24) is 19.1 Å². The van der Waals surface area contributed by atoms with Gasteiger partial charge in [-0.3, -0.25) is 9.55 Å². The maximum Gasteiger partial charge on any atom is 0.333 e. The van der Waals surface area contributed by atoms with E-state index in [4.69, 9.17) is 5.73 Å². The molecule has 3 heterocycles. The Balaban J connectivity index is 1.64. The molecule has 0 radical (unpaired) electrons. The summed E-state index contributed by atoms with van der Waals surface area (Å²) < 4.78 is 3.17. The van der Waals surface area contributed by atoms with Crippen LogP contribution >= 0.6 is 0 Å². The number of pyridine rings is 2. The van der Waals surface area contributed by atoms with Crippen molar-refractivity contribution in [1.29, 1.82) is 5.26 Å². The second-order valence-corrected chi connectivity index (χ2v) is 9.06. The first kappa shape index (κ1) is 22.1. The van der Waals surface area contributed by atoms with Gasteiger partial charge in [-0.2, -0.15) is 5.26 Å². The molecule has 0 amide bonds. The number of anilines is 1.